The molecule has 0 bridgehead atoms. The van der Waals surface area contributed by atoms with Crippen LogP contribution in [0.15, 0.2) is 30.6 Å². The Labute approximate surface area is 120 Å². The van der Waals surface area contributed by atoms with Gasteiger partial charge in [0.15, 0.2) is 0 Å². The van der Waals surface area contributed by atoms with Crippen molar-refractivity contribution in [3.05, 3.63) is 36.3 Å². The number of nitrogens with zero attached hydrogens (tertiary/aromatic N) is 3. The molecule has 3 heterocycles. The molecule has 0 radical (unpaired) electrons. The van der Waals surface area contributed by atoms with Crippen molar-refractivity contribution >= 4 is 17.5 Å². The zero-order chi connectivity index (χ0) is 15.0. The molecule has 0 unspecified atom stereocenters. The molecule has 1 fully saturated rings. The van der Waals surface area contributed by atoms with Gasteiger partial charge >= 0.3 is 5.97 Å². The highest BCUT2D eigenvalue weighted by molar-refractivity contribution is 5.93. The molecule has 0 saturated carbocycles. The first-order valence-corrected chi connectivity index (χ1v) is 6.56. The molecule has 1 N–H and O–H groups in total. The molecule has 0 aromatic carbocycles. The molecule has 1 amide bonds. The summed E-state index contributed by atoms with van der Waals surface area (Å²) >= 11 is 0. The van der Waals surface area contributed by atoms with Crippen molar-refractivity contribution in [2.75, 3.05) is 19.7 Å². The number of rotatable bonds is 4. The van der Waals surface area contributed by atoms with E-state index in [0.29, 0.717) is 24.4 Å². The molecule has 2 aromatic heterocycles. The van der Waals surface area contributed by atoms with Gasteiger partial charge in [0.25, 0.3) is 5.91 Å². The number of carbonyl (C=O) groups excluding carboxylic acids is 1. The van der Waals surface area contributed by atoms with E-state index in [2.05, 4.69) is 4.98 Å². The Hall–Kier alpha value is -2.41. The predicted octanol–water partition coefficient (Wildman–Crippen LogP) is 0.650. The van der Waals surface area contributed by atoms with Crippen LogP contribution in [0, 0.1) is 0 Å². The number of pyridine rings is 1. The van der Waals surface area contributed by atoms with Crippen LogP contribution in [0.25, 0.3) is 5.65 Å². The van der Waals surface area contributed by atoms with Crippen LogP contribution in [0.1, 0.15) is 17.4 Å². The molecule has 1 aliphatic rings. The maximum Gasteiger partial charge on any atom is 0.329 e. The smallest absolute Gasteiger partial charge is 0.329 e. The second-order valence-electron chi connectivity index (χ2n) is 5.39. The summed E-state index contributed by atoms with van der Waals surface area (Å²) in [6, 6.07) is 5.55. The van der Waals surface area contributed by atoms with Crippen LogP contribution in [-0.4, -0.2) is 56.6 Å². The van der Waals surface area contributed by atoms with Crippen LogP contribution in [-0.2, 0) is 9.53 Å². The number of carboxylic acid groups (broad SMARTS) is 1. The maximum atomic E-state index is 12.3. The van der Waals surface area contributed by atoms with E-state index in [1.165, 1.54) is 0 Å². The van der Waals surface area contributed by atoms with Gasteiger partial charge in [-0.1, -0.05) is 6.07 Å². The van der Waals surface area contributed by atoms with Crippen LogP contribution in [0.4, 0.5) is 0 Å². The van der Waals surface area contributed by atoms with Gasteiger partial charge in [-0.3, -0.25) is 4.79 Å². The van der Waals surface area contributed by atoms with Crippen molar-refractivity contribution in [1.29, 1.82) is 0 Å². The summed E-state index contributed by atoms with van der Waals surface area (Å²) in [6.07, 6.45) is 3.51. The molecule has 0 spiro atoms. The Morgan fingerprint density at radius 3 is 2.86 bits per heavy atom. The van der Waals surface area contributed by atoms with Crippen molar-refractivity contribution in [2.45, 2.75) is 12.5 Å². The number of carboxylic acids is 1. The number of likely N-dealkylation sites (tertiary alicyclic amines) is 1. The molecule has 0 atom stereocenters. The van der Waals surface area contributed by atoms with Crippen molar-refractivity contribution in [1.82, 2.24) is 14.3 Å². The van der Waals surface area contributed by atoms with Crippen molar-refractivity contribution in [3.8, 4) is 0 Å². The lowest BCUT2D eigenvalue weighted by molar-refractivity contribution is -0.159. The number of aromatic nitrogens is 2. The summed E-state index contributed by atoms with van der Waals surface area (Å²) < 4.78 is 7.07. The van der Waals surface area contributed by atoms with Gasteiger partial charge in [-0.2, -0.15) is 0 Å². The fourth-order valence-corrected chi connectivity index (χ4v) is 2.43. The first-order valence-electron chi connectivity index (χ1n) is 6.56. The molecule has 2 aromatic rings. The minimum absolute atomic E-state index is 0.171. The Bertz CT molecular complexity index is 670. The van der Waals surface area contributed by atoms with Crippen molar-refractivity contribution in [2.24, 2.45) is 0 Å². The quantitative estimate of drug-likeness (QED) is 0.893. The standard InChI is InChI=1S/C14H15N3O4/c1-14(21-7-12(18)19)8-17(9-14)13(20)10-6-16-5-3-2-4-11(16)15-10/h2-6H,7-9H2,1H3,(H,18,19). The molecule has 7 heteroatoms. The van der Waals surface area contributed by atoms with Gasteiger partial charge in [0, 0.05) is 12.4 Å². The molecule has 1 saturated heterocycles. The van der Waals surface area contributed by atoms with E-state index in [4.69, 9.17) is 9.84 Å². The third kappa shape index (κ3) is 2.59. The second-order valence-corrected chi connectivity index (χ2v) is 5.39. The van der Waals surface area contributed by atoms with Gasteiger partial charge in [0.2, 0.25) is 0 Å². The molecular weight excluding hydrogens is 274 g/mol. The topological polar surface area (TPSA) is 84.1 Å². The number of amides is 1. The lowest BCUT2D eigenvalue weighted by Crippen LogP contribution is -2.63. The fraction of sp³-hybridized carbons (Fsp3) is 0.357. The fourth-order valence-electron chi connectivity index (χ4n) is 2.43. The normalized spacial score (nSPS) is 16.7. The van der Waals surface area contributed by atoms with E-state index >= 15 is 0 Å². The first-order chi connectivity index (χ1) is 9.97. The summed E-state index contributed by atoms with van der Waals surface area (Å²) in [5, 5.41) is 8.61. The zero-order valence-electron chi connectivity index (χ0n) is 11.5. The minimum atomic E-state index is -1.01. The number of fused-ring (bicyclic) bond motifs is 1. The number of ether oxygens (including phenoxy) is 1. The summed E-state index contributed by atoms with van der Waals surface area (Å²) in [5.74, 6) is -1.18. The van der Waals surface area contributed by atoms with E-state index < -0.39 is 11.6 Å². The lowest BCUT2D eigenvalue weighted by Gasteiger charge is -2.46. The minimum Gasteiger partial charge on any atom is -0.480 e. The number of carbonyl (C=O) groups is 2. The number of hydrogen-bond acceptors (Lipinski definition) is 4. The lowest BCUT2D eigenvalue weighted by atomic mass is 9.96. The van der Waals surface area contributed by atoms with Gasteiger partial charge in [-0.15, -0.1) is 0 Å². The molecule has 7 nitrogen and oxygen atoms in total. The number of aliphatic carboxylic acids is 1. The van der Waals surface area contributed by atoms with E-state index in [1.54, 1.807) is 22.4 Å². The second kappa shape index (κ2) is 4.85. The largest absolute Gasteiger partial charge is 0.480 e. The van der Waals surface area contributed by atoms with E-state index in [1.807, 2.05) is 24.4 Å². The van der Waals surface area contributed by atoms with Gasteiger partial charge < -0.3 is 19.1 Å². The monoisotopic (exact) mass is 289 g/mol. The molecule has 21 heavy (non-hydrogen) atoms. The number of hydrogen-bond donors (Lipinski definition) is 1. The Balaban J connectivity index is 1.66. The first kappa shape index (κ1) is 13.6. The van der Waals surface area contributed by atoms with Crippen molar-refractivity contribution in [3.63, 3.8) is 0 Å². The third-order valence-electron chi connectivity index (χ3n) is 3.47. The summed E-state index contributed by atoms with van der Waals surface area (Å²) in [7, 11) is 0. The highest BCUT2D eigenvalue weighted by Crippen LogP contribution is 2.26. The van der Waals surface area contributed by atoms with Crippen LogP contribution < -0.4 is 0 Å². The highest BCUT2D eigenvalue weighted by Gasteiger charge is 2.43. The molecule has 1 aliphatic heterocycles. The third-order valence-corrected chi connectivity index (χ3v) is 3.47. The van der Waals surface area contributed by atoms with Crippen molar-refractivity contribution < 1.29 is 19.4 Å². The Kier molecular flexibility index (Phi) is 3.13. The maximum absolute atomic E-state index is 12.3. The van der Waals surface area contributed by atoms with Gasteiger partial charge in [-0.05, 0) is 19.1 Å². The van der Waals surface area contributed by atoms with Gasteiger partial charge in [0.1, 0.15) is 23.5 Å². The van der Waals surface area contributed by atoms with Crippen LogP contribution >= 0.6 is 0 Å². The van der Waals surface area contributed by atoms with Gasteiger partial charge in [-0.25, -0.2) is 9.78 Å². The summed E-state index contributed by atoms with van der Waals surface area (Å²) in [6.45, 7) is 2.18. The average molecular weight is 289 g/mol. The van der Waals surface area contributed by atoms with Crippen LogP contribution in [0.5, 0.6) is 0 Å². The molecule has 110 valence electrons. The van der Waals surface area contributed by atoms with E-state index in [9.17, 15) is 9.59 Å². The molecular formula is C14H15N3O4. The SMILES string of the molecule is CC1(OCC(=O)O)CN(C(=O)c2cn3ccccc3n2)C1. The predicted molar refractivity (Wildman–Crippen MR) is 73.1 cm³/mol. The average Bonchev–Trinajstić information content (AvgIpc) is 2.85. The Morgan fingerprint density at radius 1 is 1.43 bits per heavy atom. The molecule has 3 rings (SSSR count). The van der Waals surface area contributed by atoms with Crippen LogP contribution in [0.3, 0.4) is 0 Å². The highest BCUT2D eigenvalue weighted by atomic mass is 16.5. The summed E-state index contributed by atoms with van der Waals surface area (Å²) in [5.41, 5.74) is 0.500. The van der Waals surface area contributed by atoms with E-state index in [0.717, 1.165) is 0 Å². The summed E-state index contributed by atoms with van der Waals surface area (Å²) in [4.78, 5) is 28.7. The van der Waals surface area contributed by atoms with Gasteiger partial charge in [0.05, 0.1) is 13.1 Å². The Morgan fingerprint density at radius 2 is 2.19 bits per heavy atom. The zero-order valence-corrected chi connectivity index (χ0v) is 11.5. The van der Waals surface area contributed by atoms with E-state index in [-0.39, 0.29) is 12.5 Å². The number of imidazole rings is 1. The molecule has 0 aliphatic carbocycles. The van der Waals surface area contributed by atoms with Crippen LogP contribution in [0.2, 0.25) is 0 Å².